The van der Waals surface area contributed by atoms with E-state index in [9.17, 15) is 9.59 Å². The summed E-state index contributed by atoms with van der Waals surface area (Å²) in [7, 11) is 0. The fourth-order valence-corrected chi connectivity index (χ4v) is 1.66. The lowest BCUT2D eigenvalue weighted by Crippen LogP contribution is -2.45. The van der Waals surface area contributed by atoms with Gasteiger partial charge in [-0.15, -0.1) is 0 Å². The first kappa shape index (κ1) is 14.7. The number of likely N-dealkylation sites (tertiary alicyclic amines) is 1. The Morgan fingerprint density at radius 2 is 1.89 bits per heavy atom. The molecule has 1 N–H and O–H groups in total. The lowest BCUT2D eigenvalue weighted by molar-refractivity contribution is -0.146. The summed E-state index contributed by atoms with van der Waals surface area (Å²) in [6.45, 7) is 8.61. The fraction of sp³-hybridized carbons (Fsp3) is 0.769. The molecule has 18 heavy (non-hydrogen) atoms. The number of esters is 1. The number of hydrogen-bond donors (Lipinski definition) is 1. The molecule has 1 aliphatic heterocycles. The summed E-state index contributed by atoms with van der Waals surface area (Å²) in [5, 5.41) is 7.67. The summed E-state index contributed by atoms with van der Waals surface area (Å²) in [6, 6.07) is 0. The van der Waals surface area contributed by atoms with Gasteiger partial charge >= 0.3 is 5.97 Å². The average molecular weight is 254 g/mol. The van der Waals surface area contributed by atoms with E-state index < -0.39 is 11.6 Å². The van der Waals surface area contributed by atoms with Gasteiger partial charge in [-0.1, -0.05) is 6.92 Å². The van der Waals surface area contributed by atoms with E-state index in [2.05, 4.69) is 0 Å². The van der Waals surface area contributed by atoms with Gasteiger partial charge in [0.25, 0.3) is 0 Å². The molecule has 1 unspecified atom stereocenters. The number of hydrogen-bond acceptors (Lipinski definition) is 4. The van der Waals surface area contributed by atoms with Crippen molar-refractivity contribution >= 4 is 17.6 Å². The maximum absolute atomic E-state index is 11.8. The third-order valence-electron chi connectivity index (χ3n) is 2.74. The molecule has 0 saturated carbocycles. The first-order valence-electron chi connectivity index (χ1n) is 6.30. The smallest absolute Gasteiger partial charge is 0.352 e. The maximum Gasteiger partial charge on any atom is 0.352 e. The molecule has 0 spiro atoms. The van der Waals surface area contributed by atoms with Gasteiger partial charge in [0.05, 0.1) is 0 Å². The largest absolute Gasteiger partial charge is 0.456 e. The molecular formula is C13H22N2O3. The molecule has 5 nitrogen and oxygen atoms in total. The van der Waals surface area contributed by atoms with Gasteiger partial charge in [0.15, 0.2) is 0 Å². The second kappa shape index (κ2) is 5.50. The Hall–Kier alpha value is -1.39. The van der Waals surface area contributed by atoms with Gasteiger partial charge in [0, 0.05) is 25.4 Å². The molecule has 1 rings (SSSR count). The van der Waals surface area contributed by atoms with Crippen LogP contribution in [0.1, 0.15) is 40.5 Å². The van der Waals surface area contributed by atoms with Crippen LogP contribution in [0, 0.1) is 11.3 Å². The number of amides is 1. The standard InChI is InChI=1S/C13H22N2O3/c1-9(11(16)15-6-5-7-15)8-10(14)12(17)18-13(2,3)4/h9,14H,5-8H2,1-4H3. The van der Waals surface area contributed by atoms with Crippen molar-refractivity contribution in [1.29, 1.82) is 5.41 Å². The minimum Gasteiger partial charge on any atom is -0.456 e. The Bertz CT molecular complexity index is 354. The highest BCUT2D eigenvalue weighted by Gasteiger charge is 2.28. The third kappa shape index (κ3) is 4.13. The van der Waals surface area contributed by atoms with Crippen molar-refractivity contribution in [3.8, 4) is 0 Å². The van der Waals surface area contributed by atoms with Gasteiger partial charge in [-0.3, -0.25) is 10.2 Å². The van der Waals surface area contributed by atoms with Crippen molar-refractivity contribution in [2.45, 2.75) is 46.1 Å². The van der Waals surface area contributed by atoms with E-state index in [1.807, 2.05) is 0 Å². The zero-order chi connectivity index (χ0) is 13.9. The second-order valence-electron chi connectivity index (χ2n) is 5.76. The number of nitrogens with one attached hydrogen (secondary N) is 1. The van der Waals surface area contributed by atoms with Gasteiger partial charge in [-0.2, -0.15) is 0 Å². The monoisotopic (exact) mass is 254 g/mol. The van der Waals surface area contributed by atoms with Gasteiger partial charge < -0.3 is 9.64 Å². The van der Waals surface area contributed by atoms with Gasteiger partial charge in [0.2, 0.25) is 5.91 Å². The Morgan fingerprint density at radius 3 is 2.28 bits per heavy atom. The van der Waals surface area contributed by atoms with E-state index in [4.69, 9.17) is 10.1 Å². The van der Waals surface area contributed by atoms with Crippen LogP contribution in [0.5, 0.6) is 0 Å². The number of carbonyl (C=O) groups excluding carboxylic acids is 2. The van der Waals surface area contributed by atoms with E-state index in [1.54, 1.807) is 32.6 Å². The van der Waals surface area contributed by atoms with Crippen molar-refractivity contribution in [3.63, 3.8) is 0 Å². The van der Waals surface area contributed by atoms with Gasteiger partial charge in [0.1, 0.15) is 11.3 Å². The van der Waals surface area contributed by atoms with Crippen LogP contribution in [-0.2, 0) is 14.3 Å². The summed E-state index contributed by atoms with van der Waals surface area (Å²) >= 11 is 0. The topological polar surface area (TPSA) is 70.5 Å². The lowest BCUT2D eigenvalue weighted by Gasteiger charge is -2.33. The quantitative estimate of drug-likeness (QED) is 0.612. The molecule has 0 aromatic heterocycles. The molecule has 102 valence electrons. The predicted molar refractivity (Wildman–Crippen MR) is 68.5 cm³/mol. The normalized spacial score (nSPS) is 16.8. The SMILES string of the molecule is CC(CC(=N)C(=O)OC(C)(C)C)C(=O)N1CCC1. The Morgan fingerprint density at radius 1 is 1.33 bits per heavy atom. The van der Waals surface area contributed by atoms with Crippen LogP contribution in [0.3, 0.4) is 0 Å². The molecule has 0 aromatic rings. The zero-order valence-corrected chi connectivity index (χ0v) is 11.6. The molecule has 1 atom stereocenters. The summed E-state index contributed by atoms with van der Waals surface area (Å²) in [4.78, 5) is 25.2. The minimum absolute atomic E-state index is 0.0227. The van der Waals surface area contributed by atoms with Crippen molar-refractivity contribution < 1.29 is 14.3 Å². The molecule has 0 bridgehead atoms. The second-order valence-corrected chi connectivity index (χ2v) is 5.76. The van der Waals surface area contributed by atoms with Crippen LogP contribution >= 0.6 is 0 Å². The molecule has 5 heteroatoms. The molecule has 0 radical (unpaired) electrons. The van der Waals surface area contributed by atoms with Crippen LogP contribution in [0.2, 0.25) is 0 Å². The Labute approximate surface area is 108 Å². The summed E-state index contributed by atoms with van der Waals surface area (Å²) in [5.41, 5.74) is -0.736. The molecule has 1 saturated heterocycles. The molecule has 1 heterocycles. The van der Waals surface area contributed by atoms with Gasteiger partial charge in [-0.05, 0) is 27.2 Å². The summed E-state index contributed by atoms with van der Waals surface area (Å²) in [6.07, 6.45) is 1.19. The predicted octanol–water partition coefficient (Wildman–Crippen LogP) is 1.61. The fourth-order valence-electron chi connectivity index (χ4n) is 1.66. The van der Waals surface area contributed by atoms with E-state index in [1.165, 1.54) is 0 Å². The molecular weight excluding hydrogens is 232 g/mol. The minimum atomic E-state index is -0.634. The summed E-state index contributed by atoms with van der Waals surface area (Å²) in [5.74, 6) is -0.939. The van der Waals surface area contributed by atoms with E-state index in [-0.39, 0.29) is 24.0 Å². The average Bonchev–Trinajstić information content (AvgIpc) is 2.11. The molecule has 1 fully saturated rings. The van der Waals surface area contributed by atoms with Gasteiger partial charge in [-0.25, -0.2) is 4.79 Å². The highest BCUT2D eigenvalue weighted by atomic mass is 16.6. The van der Waals surface area contributed by atoms with Crippen LogP contribution in [0.25, 0.3) is 0 Å². The first-order valence-corrected chi connectivity index (χ1v) is 6.30. The number of nitrogens with zero attached hydrogens (tertiary/aromatic N) is 1. The first-order chi connectivity index (χ1) is 8.20. The van der Waals surface area contributed by atoms with Crippen LogP contribution in [0.15, 0.2) is 0 Å². The number of rotatable bonds is 4. The molecule has 1 amide bonds. The van der Waals surface area contributed by atoms with Crippen molar-refractivity contribution in [3.05, 3.63) is 0 Å². The third-order valence-corrected chi connectivity index (χ3v) is 2.74. The lowest BCUT2D eigenvalue weighted by atomic mass is 10.0. The van der Waals surface area contributed by atoms with E-state index in [0.717, 1.165) is 19.5 Å². The zero-order valence-electron chi connectivity index (χ0n) is 11.6. The summed E-state index contributed by atoms with van der Waals surface area (Å²) < 4.78 is 5.09. The van der Waals surface area contributed by atoms with Crippen molar-refractivity contribution in [2.24, 2.45) is 5.92 Å². The number of carbonyl (C=O) groups is 2. The molecule has 0 aromatic carbocycles. The van der Waals surface area contributed by atoms with Crippen LogP contribution < -0.4 is 0 Å². The Balaban J connectivity index is 2.43. The van der Waals surface area contributed by atoms with Crippen molar-refractivity contribution in [1.82, 2.24) is 4.90 Å². The van der Waals surface area contributed by atoms with Crippen LogP contribution in [-0.4, -0.2) is 41.2 Å². The Kier molecular flexibility index (Phi) is 4.48. The number of ether oxygens (including phenoxy) is 1. The van der Waals surface area contributed by atoms with E-state index >= 15 is 0 Å². The molecule has 1 aliphatic rings. The van der Waals surface area contributed by atoms with Crippen LogP contribution in [0.4, 0.5) is 0 Å². The maximum atomic E-state index is 11.8. The van der Waals surface area contributed by atoms with Crippen molar-refractivity contribution in [2.75, 3.05) is 13.1 Å². The van der Waals surface area contributed by atoms with E-state index in [0.29, 0.717) is 0 Å². The highest BCUT2D eigenvalue weighted by molar-refractivity contribution is 6.35. The highest BCUT2D eigenvalue weighted by Crippen LogP contribution is 2.15. The molecule has 0 aliphatic carbocycles.